The Labute approximate surface area is 78.6 Å². The van der Waals surface area contributed by atoms with Gasteiger partial charge in [-0.2, -0.15) is 0 Å². The number of carboxylic acids is 1. The van der Waals surface area contributed by atoms with Crippen LogP contribution < -0.4 is 0 Å². The minimum Gasteiger partial charge on any atom is -0.481 e. The quantitative estimate of drug-likeness (QED) is 0.630. The second-order valence-electron chi connectivity index (χ2n) is 4.22. The van der Waals surface area contributed by atoms with Gasteiger partial charge >= 0.3 is 5.97 Å². The van der Waals surface area contributed by atoms with Gasteiger partial charge in [0.2, 0.25) is 0 Å². The Kier molecular flexibility index (Phi) is 2.38. The van der Waals surface area contributed by atoms with Gasteiger partial charge in [0.1, 0.15) is 0 Å². The summed E-state index contributed by atoms with van der Waals surface area (Å²) in [4.78, 5) is 10.8. The molecule has 0 amide bonds. The van der Waals surface area contributed by atoms with Crippen LogP contribution >= 0.6 is 0 Å². The summed E-state index contributed by atoms with van der Waals surface area (Å²) < 4.78 is 0. The zero-order valence-corrected chi connectivity index (χ0v) is 7.83. The maximum absolute atomic E-state index is 10.8. The lowest BCUT2D eigenvalue weighted by Crippen LogP contribution is -2.24. The van der Waals surface area contributed by atoms with Crippen LogP contribution in [0.2, 0.25) is 0 Å². The van der Waals surface area contributed by atoms with Crippen LogP contribution in [0.3, 0.4) is 0 Å². The van der Waals surface area contributed by atoms with Crippen molar-refractivity contribution >= 4 is 5.97 Å². The van der Waals surface area contributed by atoms with Gasteiger partial charge in [-0.05, 0) is 44.4 Å². The molecule has 1 N–H and O–H groups in total. The Morgan fingerprint density at radius 3 is 3.00 bits per heavy atom. The van der Waals surface area contributed by atoms with E-state index in [0.717, 1.165) is 31.6 Å². The van der Waals surface area contributed by atoms with Crippen molar-refractivity contribution in [3.8, 4) is 0 Å². The Bertz CT molecular complexity index is 242. The number of hydrogen-bond donors (Lipinski definition) is 1. The van der Waals surface area contributed by atoms with E-state index in [1.165, 1.54) is 18.4 Å². The van der Waals surface area contributed by atoms with Crippen molar-refractivity contribution in [2.45, 2.75) is 38.5 Å². The molecule has 72 valence electrons. The normalized spacial score (nSPS) is 33.4. The topological polar surface area (TPSA) is 37.3 Å². The van der Waals surface area contributed by atoms with Crippen molar-refractivity contribution in [3.05, 3.63) is 11.6 Å². The fourth-order valence-corrected chi connectivity index (χ4v) is 2.58. The van der Waals surface area contributed by atoms with E-state index in [1.54, 1.807) is 0 Å². The van der Waals surface area contributed by atoms with Crippen molar-refractivity contribution in [3.63, 3.8) is 0 Å². The van der Waals surface area contributed by atoms with Crippen molar-refractivity contribution in [1.82, 2.24) is 0 Å². The standard InChI is InChI=1S/C11H16O2/c12-11(13)10-6-5-8-3-1-2-4-9(8)7-10/h4,8,10H,1-3,5-7H2,(H,12,13). The zero-order valence-electron chi connectivity index (χ0n) is 7.83. The third-order valence-corrected chi connectivity index (χ3v) is 3.38. The van der Waals surface area contributed by atoms with E-state index in [9.17, 15) is 4.79 Å². The second-order valence-corrected chi connectivity index (χ2v) is 4.22. The van der Waals surface area contributed by atoms with Gasteiger partial charge in [0.15, 0.2) is 0 Å². The third-order valence-electron chi connectivity index (χ3n) is 3.38. The Morgan fingerprint density at radius 1 is 1.38 bits per heavy atom. The summed E-state index contributed by atoms with van der Waals surface area (Å²) in [5.41, 5.74) is 1.44. The number of aliphatic carboxylic acids is 1. The van der Waals surface area contributed by atoms with Crippen LogP contribution in [0.4, 0.5) is 0 Å². The minimum absolute atomic E-state index is 0.0967. The summed E-state index contributed by atoms with van der Waals surface area (Å²) in [6.45, 7) is 0. The first-order chi connectivity index (χ1) is 6.27. The summed E-state index contributed by atoms with van der Waals surface area (Å²) in [5.74, 6) is 0.0230. The van der Waals surface area contributed by atoms with Gasteiger partial charge in [0.05, 0.1) is 5.92 Å². The first kappa shape index (κ1) is 8.79. The Balaban J connectivity index is 2.06. The summed E-state index contributed by atoms with van der Waals surface area (Å²) in [7, 11) is 0. The molecule has 2 rings (SSSR count). The van der Waals surface area contributed by atoms with Gasteiger partial charge in [-0.1, -0.05) is 11.6 Å². The maximum atomic E-state index is 10.8. The molecule has 1 saturated carbocycles. The molecule has 0 aliphatic heterocycles. The van der Waals surface area contributed by atoms with Crippen LogP contribution in [0.5, 0.6) is 0 Å². The highest BCUT2D eigenvalue weighted by atomic mass is 16.4. The lowest BCUT2D eigenvalue weighted by atomic mass is 9.73. The van der Waals surface area contributed by atoms with Gasteiger partial charge in [-0.25, -0.2) is 0 Å². The van der Waals surface area contributed by atoms with Crippen LogP contribution in [-0.2, 0) is 4.79 Å². The maximum Gasteiger partial charge on any atom is 0.306 e. The highest BCUT2D eigenvalue weighted by Crippen LogP contribution is 2.39. The highest BCUT2D eigenvalue weighted by molar-refractivity contribution is 5.70. The monoisotopic (exact) mass is 180 g/mol. The third kappa shape index (κ3) is 1.77. The first-order valence-corrected chi connectivity index (χ1v) is 5.19. The molecular weight excluding hydrogens is 164 g/mol. The lowest BCUT2D eigenvalue weighted by Gasteiger charge is -2.31. The van der Waals surface area contributed by atoms with E-state index < -0.39 is 5.97 Å². The molecule has 0 saturated heterocycles. The molecule has 2 heteroatoms. The van der Waals surface area contributed by atoms with Crippen LogP contribution in [0.15, 0.2) is 11.6 Å². The van der Waals surface area contributed by atoms with Gasteiger partial charge < -0.3 is 5.11 Å². The van der Waals surface area contributed by atoms with Crippen molar-refractivity contribution in [1.29, 1.82) is 0 Å². The summed E-state index contributed by atoms with van der Waals surface area (Å²) >= 11 is 0. The molecule has 2 aliphatic rings. The van der Waals surface area contributed by atoms with Gasteiger partial charge in [0, 0.05) is 0 Å². The lowest BCUT2D eigenvalue weighted by molar-refractivity contribution is -0.142. The molecule has 0 aromatic carbocycles. The molecule has 2 nitrogen and oxygen atoms in total. The number of carboxylic acid groups (broad SMARTS) is 1. The number of fused-ring (bicyclic) bond motifs is 1. The largest absolute Gasteiger partial charge is 0.481 e. The van der Waals surface area contributed by atoms with Crippen molar-refractivity contribution < 1.29 is 9.90 Å². The molecule has 1 fully saturated rings. The molecule has 2 unspecified atom stereocenters. The zero-order chi connectivity index (χ0) is 9.26. The molecular formula is C11H16O2. The fourth-order valence-electron chi connectivity index (χ4n) is 2.58. The molecule has 2 aliphatic carbocycles. The molecule has 13 heavy (non-hydrogen) atoms. The van der Waals surface area contributed by atoms with E-state index in [1.807, 2.05) is 0 Å². The van der Waals surface area contributed by atoms with Gasteiger partial charge in [-0.15, -0.1) is 0 Å². The summed E-state index contributed by atoms with van der Waals surface area (Å²) in [6, 6.07) is 0. The highest BCUT2D eigenvalue weighted by Gasteiger charge is 2.30. The van der Waals surface area contributed by atoms with Crippen molar-refractivity contribution in [2.75, 3.05) is 0 Å². The van der Waals surface area contributed by atoms with E-state index in [4.69, 9.17) is 5.11 Å². The number of carbonyl (C=O) groups is 1. The number of allylic oxidation sites excluding steroid dienone is 2. The average molecular weight is 180 g/mol. The van der Waals surface area contributed by atoms with Gasteiger partial charge in [-0.3, -0.25) is 4.79 Å². The van der Waals surface area contributed by atoms with Crippen LogP contribution in [0, 0.1) is 11.8 Å². The summed E-state index contributed by atoms with van der Waals surface area (Å²) in [6.07, 6.45) is 8.84. The molecule has 0 aromatic rings. The van der Waals surface area contributed by atoms with Crippen LogP contribution in [0.25, 0.3) is 0 Å². The Hall–Kier alpha value is -0.790. The average Bonchev–Trinajstić information content (AvgIpc) is 2.17. The summed E-state index contributed by atoms with van der Waals surface area (Å²) in [5, 5.41) is 8.90. The fraction of sp³-hybridized carbons (Fsp3) is 0.727. The Morgan fingerprint density at radius 2 is 2.23 bits per heavy atom. The molecule has 0 bridgehead atoms. The molecule has 0 radical (unpaired) electrons. The molecule has 0 aromatic heterocycles. The van der Waals surface area contributed by atoms with E-state index in [2.05, 4.69) is 6.08 Å². The van der Waals surface area contributed by atoms with Crippen LogP contribution in [0.1, 0.15) is 38.5 Å². The van der Waals surface area contributed by atoms with E-state index in [0.29, 0.717) is 0 Å². The van der Waals surface area contributed by atoms with E-state index >= 15 is 0 Å². The molecule has 0 spiro atoms. The van der Waals surface area contributed by atoms with E-state index in [-0.39, 0.29) is 5.92 Å². The predicted molar refractivity (Wildman–Crippen MR) is 50.4 cm³/mol. The molecule has 2 atom stereocenters. The van der Waals surface area contributed by atoms with Crippen LogP contribution in [-0.4, -0.2) is 11.1 Å². The van der Waals surface area contributed by atoms with Gasteiger partial charge in [0.25, 0.3) is 0 Å². The van der Waals surface area contributed by atoms with Crippen molar-refractivity contribution in [2.24, 2.45) is 11.8 Å². The SMILES string of the molecule is O=C(O)C1CCC2CCCC=C2C1. The predicted octanol–water partition coefficient (Wildman–Crippen LogP) is 2.60. The minimum atomic E-state index is -0.607. The first-order valence-electron chi connectivity index (χ1n) is 5.19. The molecule has 0 heterocycles. The number of hydrogen-bond acceptors (Lipinski definition) is 1. The second kappa shape index (κ2) is 3.52. The number of rotatable bonds is 1. The smallest absolute Gasteiger partial charge is 0.306 e.